The number of halogens is 4. The van der Waals surface area contributed by atoms with Gasteiger partial charge in [-0.1, -0.05) is 6.92 Å². The average molecular weight is 349 g/mol. The average Bonchev–Trinajstić information content (AvgIpc) is 2.81. The maximum Gasteiger partial charge on any atom is 0.416 e. The highest BCUT2D eigenvalue weighted by Gasteiger charge is 2.36. The summed E-state index contributed by atoms with van der Waals surface area (Å²) in [5.74, 6) is 0.400. The third kappa shape index (κ3) is 3.21. The van der Waals surface area contributed by atoms with E-state index in [-0.39, 0.29) is 5.56 Å². The molecule has 0 amide bonds. The molecule has 0 radical (unpaired) electrons. The molecule has 0 aliphatic carbocycles. The van der Waals surface area contributed by atoms with Gasteiger partial charge in [0.1, 0.15) is 5.76 Å². The molecule has 0 saturated carbocycles. The first-order valence-corrected chi connectivity index (χ1v) is 6.72. The summed E-state index contributed by atoms with van der Waals surface area (Å²) in [6, 6.07) is 3.54. The Hall–Kier alpha value is -1.34. The Morgan fingerprint density at radius 2 is 2.10 bits per heavy atom. The number of hydrogen-bond donors (Lipinski definition) is 1. The number of pyridine rings is 1. The molecule has 0 aliphatic rings. The molecule has 2 rings (SSSR count). The van der Waals surface area contributed by atoms with E-state index in [4.69, 9.17) is 4.42 Å². The Morgan fingerprint density at radius 1 is 1.35 bits per heavy atom. The lowest BCUT2D eigenvalue weighted by Gasteiger charge is -2.20. The third-order valence-corrected chi connectivity index (χ3v) is 3.18. The van der Waals surface area contributed by atoms with E-state index in [1.165, 1.54) is 6.20 Å². The highest BCUT2D eigenvalue weighted by Crippen LogP contribution is 2.36. The van der Waals surface area contributed by atoms with Gasteiger partial charge in [-0.15, -0.1) is 0 Å². The van der Waals surface area contributed by atoms with E-state index in [0.29, 0.717) is 17.0 Å². The van der Waals surface area contributed by atoms with Crippen molar-refractivity contribution in [2.75, 3.05) is 6.54 Å². The summed E-state index contributed by atoms with van der Waals surface area (Å²) in [5.41, 5.74) is -0.672. The van der Waals surface area contributed by atoms with Crippen molar-refractivity contribution in [1.82, 2.24) is 10.3 Å². The van der Waals surface area contributed by atoms with Crippen LogP contribution in [0.3, 0.4) is 0 Å². The molecule has 7 heteroatoms. The second-order valence-electron chi connectivity index (χ2n) is 4.09. The second kappa shape index (κ2) is 5.97. The molecular weight excluding hydrogens is 337 g/mol. The highest BCUT2D eigenvalue weighted by atomic mass is 79.9. The van der Waals surface area contributed by atoms with Crippen molar-refractivity contribution in [2.45, 2.75) is 19.1 Å². The van der Waals surface area contributed by atoms with Gasteiger partial charge in [0, 0.05) is 18.0 Å². The molecule has 0 fully saturated rings. The lowest BCUT2D eigenvalue weighted by Crippen LogP contribution is -2.24. The van der Waals surface area contributed by atoms with Gasteiger partial charge in [-0.3, -0.25) is 4.98 Å². The molecule has 0 aliphatic heterocycles. The van der Waals surface area contributed by atoms with Crippen molar-refractivity contribution in [3.63, 3.8) is 0 Å². The van der Waals surface area contributed by atoms with Gasteiger partial charge in [0.25, 0.3) is 0 Å². The lowest BCUT2D eigenvalue weighted by molar-refractivity contribution is -0.138. The van der Waals surface area contributed by atoms with Crippen molar-refractivity contribution >= 4 is 15.9 Å². The number of nitrogens with one attached hydrogen (secondary N) is 1. The van der Waals surface area contributed by atoms with Crippen molar-refractivity contribution in [3.05, 3.63) is 52.1 Å². The van der Waals surface area contributed by atoms with Crippen LogP contribution in [0.25, 0.3) is 0 Å². The van der Waals surface area contributed by atoms with Crippen LogP contribution in [0.4, 0.5) is 13.2 Å². The molecule has 0 saturated heterocycles. The molecular formula is C13H12BrF3N2O. The zero-order valence-corrected chi connectivity index (χ0v) is 12.1. The van der Waals surface area contributed by atoms with Crippen molar-refractivity contribution in [2.24, 2.45) is 0 Å². The van der Waals surface area contributed by atoms with Crippen LogP contribution in [0.15, 0.2) is 39.7 Å². The first kappa shape index (κ1) is 15.1. The fourth-order valence-electron chi connectivity index (χ4n) is 1.95. The topological polar surface area (TPSA) is 38.1 Å². The molecule has 108 valence electrons. The third-order valence-electron chi connectivity index (χ3n) is 2.76. The fourth-order valence-corrected chi connectivity index (χ4v) is 2.27. The molecule has 3 nitrogen and oxygen atoms in total. The molecule has 1 atom stereocenters. The number of nitrogens with zero attached hydrogens (tertiary/aromatic N) is 1. The summed E-state index contributed by atoms with van der Waals surface area (Å²) in [6.07, 6.45) is -2.09. The van der Waals surface area contributed by atoms with Crippen LogP contribution < -0.4 is 5.32 Å². The monoisotopic (exact) mass is 348 g/mol. The van der Waals surface area contributed by atoms with Gasteiger partial charge < -0.3 is 9.73 Å². The van der Waals surface area contributed by atoms with Crippen LogP contribution in [-0.4, -0.2) is 11.5 Å². The van der Waals surface area contributed by atoms with Gasteiger partial charge in [-0.05, 0) is 40.7 Å². The Bertz CT molecular complexity index is 583. The van der Waals surface area contributed by atoms with Gasteiger partial charge in [-0.25, -0.2) is 0 Å². The first-order chi connectivity index (χ1) is 9.43. The highest BCUT2D eigenvalue weighted by molar-refractivity contribution is 9.10. The van der Waals surface area contributed by atoms with Gasteiger partial charge in [0.05, 0.1) is 11.6 Å². The molecule has 0 spiro atoms. The number of aromatic nitrogens is 1. The van der Waals surface area contributed by atoms with Gasteiger partial charge in [0.15, 0.2) is 4.67 Å². The van der Waals surface area contributed by atoms with E-state index in [2.05, 4.69) is 26.2 Å². The maximum atomic E-state index is 13.1. The first-order valence-electron chi connectivity index (χ1n) is 5.93. The Kier molecular flexibility index (Phi) is 4.49. The Morgan fingerprint density at radius 3 is 2.65 bits per heavy atom. The largest absolute Gasteiger partial charge is 0.452 e. The molecule has 0 bridgehead atoms. The van der Waals surface area contributed by atoms with E-state index in [9.17, 15) is 13.2 Å². The quantitative estimate of drug-likeness (QED) is 0.901. The predicted molar refractivity (Wildman–Crippen MR) is 71.2 cm³/mol. The Balaban J connectivity index is 2.50. The zero-order chi connectivity index (χ0) is 14.8. The normalized spacial score (nSPS) is 13.4. The van der Waals surface area contributed by atoms with Crippen LogP contribution in [0.5, 0.6) is 0 Å². The number of rotatable bonds is 4. The van der Waals surface area contributed by atoms with Crippen LogP contribution in [-0.2, 0) is 6.18 Å². The van der Waals surface area contributed by atoms with E-state index >= 15 is 0 Å². The minimum atomic E-state index is -4.43. The molecule has 0 aromatic carbocycles. The SMILES string of the molecule is CCNC(c1ccc(Br)o1)c1cnccc1C(F)(F)F. The minimum absolute atomic E-state index is 0.0451. The second-order valence-corrected chi connectivity index (χ2v) is 4.87. The van der Waals surface area contributed by atoms with Crippen LogP contribution >= 0.6 is 15.9 Å². The molecule has 2 heterocycles. The smallest absolute Gasteiger partial charge is 0.416 e. The van der Waals surface area contributed by atoms with Crippen LogP contribution in [0.2, 0.25) is 0 Å². The van der Waals surface area contributed by atoms with E-state index in [0.717, 1.165) is 12.3 Å². The predicted octanol–water partition coefficient (Wildman–Crippen LogP) is 4.15. The summed E-state index contributed by atoms with van der Waals surface area (Å²) in [7, 11) is 0. The lowest BCUT2D eigenvalue weighted by atomic mass is 10.0. The number of alkyl halides is 3. The van der Waals surface area contributed by atoms with Crippen LogP contribution in [0, 0.1) is 0 Å². The number of furan rings is 1. The van der Waals surface area contributed by atoms with E-state index in [1.807, 2.05) is 6.92 Å². The van der Waals surface area contributed by atoms with Crippen molar-refractivity contribution in [1.29, 1.82) is 0 Å². The molecule has 1 N–H and O–H groups in total. The molecule has 2 aromatic heterocycles. The molecule has 1 unspecified atom stereocenters. The number of hydrogen-bond acceptors (Lipinski definition) is 3. The van der Waals surface area contributed by atoms with Crippen LogP contribution in [0.1, 0.15) is 29.9 Å². The minimum Gasteiger partial charge on any atom is -0.452 e. The molecule has 20 heavy (non-hydrogen) atoms. The fraction of sp³-hybridized carbons (Fsp3) is 0.308. The van der Waals surface area contributed by atoms with E-state index in [1.54, 1.807) is 12.1 Å². The summed E-state index contributed by atoms with van der Waals surface area (Å²) in [4.78, 5) is 3.80. The van der Waals surface area contributed by atoms with Gasteiger partial charge >= 0.3 is 6.18 Å². The Labute approximate surface area is 122 Å². The summed E-state index contributed by atoms with van der Waals surface area (Å²) < 4.78 is 45.1. The van der Waals surface area contributed by atoms with Gasteiger partial charge in [-0.2, -0.15) is 13.2 Å². The van der Waals surface area contributed by atoms with Gasteiger partial charge in [0.2, 0.25) is 0 Å². The standard InChI is InChI=1S/C13H12BrF3N2O/c1-2-19-12(10-3-4-11(14)20-10)8-7-18-6-5-9(8)13(15,16)17/h3-7,12,19H,2H2,1H3. The molecule has 2 aromatic rings. The summed E-state index contributed by atoms with van der Waals surface area (Å²) in [5, 5.41) is 2.99. The maximum absolute atomic E-state index is 13.1. The van der Waals surface area contributed by atoms with Crippen molar-refractivity contribution in [3.8, 4) is 0 Å². The summed E-state index contributed by atoms with van der Waals surface area (Å²) >= 11 is 3.15. The zero-order valence-electron chi connectivity index (χ0n) is 10.5. The summed E-state index contributed by atoms with van der Waals surface area (Å²) in [6.45, 7) is 2.31. The van der Waals surface area contributed by atoms with Crippen molar-refractivity contribution < 1.29 is 17.6 Å². The van der Waals surface area contributed by atoms with E-state index < -0.39 is 17.8 Å².